The number of carbonyl (C=O) groups is 4. The van der Waals surface area contributed by atoms with E-state index in [4.69, 9.17) is 18.9 Å². The van der Waals surface area contributed by atoms with Gasteiger partial charge in [0, 0.05) is 23.0 Å². The first-order valence-corrected chi connectivity index (χ1v) is 37.6. The first kappa shape index (κ1) is 76.6. The number of aliphatic hydroxyl groups is 4. The maximum absolute atomic E-state index is 13.7. The minimum Gasteiger partial charge on any atom is -0.465 e. The van der Waals surface area contributed by atoms with Crippen molar-refractivity contribution in [2.75, 3.05) is 72.5 Å². The van der Waals surface area contributed by atoms with Crippen LogP contribution >= 0.6 is 47.0 Å². The van der Waals surface area contributed by atoms with Crippen LogP contribution in [0.25, 0.3) is 0 Å². The van der Waals surface area contributed by atoms with Gasteiger partial charge >= 0.3 is 23.9 Å². The van der Waals surface area contributed by atoms with Crippen molar-refractivity contribution >= 4 is 70.9 Å². The van der Waals surface area contributed by atoms with Crippen LogP contribution in [0.4, 0.5) is 0 Å². The Morgan fingerprint density at radius 1 is 0.341 bits per heavy atom. The van der Waals surface area contributed by atoms with E-state index in [9.17, 15) is 39.6 Å². The molecule has 0 amide bonds. The summed E-state index contributed by atoms with van der Waals surface area (Å²) in [6.45, 7) is 42.8. The molecule has 496 valence electrons. The summed E-state index contributed by atoms with van der Waals surface area (Å²) in [5.74, 6) is 7.59. The number of carbonyl (C=O) groups excluding carboxylic acids is 4. The average molecular weight is 1270 g/mol. The van der Waals surface area contributed by atoms with E-state index in [1.807, 2.05) is 0 Å². The van der Waals surface area contributed by atoms with E-state index in [-0.39, 0.29) is 121 Å². The molecule has 4 aliphatic rings. The molecule has 0 aromatic carbocycles. The van der Waals surface area contributed by atoms with E-state index in [2.05, 4.69) is 138 Å². The zero-order chi connectivity index (χ0) is 64.2. The van der Waals surface area contributed by atoms with Crippen molar-refractivity contribution in [3.8, 4) is 0 Å². The number of rotatable bonds is 28. The van der Waals surface area contributed by atoms with Crippen LogP contribution in [0, 0.1) is 122 Å². The molecule has 20 unspecified atom stereocenters. The van der Waals surface area contributed by atoms with Crippen LogP contribution in [0.15, 0.2) is 0 Å². The van der Waals surface area contributed by atoms with E-state index in [0.29, 0.717) is 70.4 Å². The lowest BCUT2D eigenvalue weighted by atomic mass is 9.61. The van der Waals surface area contributed by atoms with Gasteiger partial charge in [-0.3, -0.25) is 19.2 Å². The molecular weight excluding hydrogens is 1150 g/mol. The van der Waals surface area contributed by atoms with E-state index in [0.717, 1.165) is 48.7 Å². The Bertz CT molecular complexity index is 1760. The molecule has 4 fully saturated rings. The van der Waals surface area contributed by atoms with Crippen molar-refractivity contribution in [1.29, 1.82) is 0 Å². The number of aliphatic hydroxyl groups excluding tert-OH is 4. The van der Waals surface area contributed by atoms with Gasteiger partial charge < -0.3 is 39.4 Å². The summed E-state index contributed by atoms with van der Waals surface area (Å²) in [6.07, 6.45) is 2.68. The molecule has 4 aliphatic carbocycles. The number of ether oxygens (including phenoxy) is 4. The molecule has 16 heteroatoms. The van der Waals surface area contributed by atoms with Gasteiger partial charge in [-0.1, -0.05) is 138 Å². The lowest BCUT2D eigenvalue weighted by Crippen LogP contribution is -2.47. The SMILES string of the molecule is CC1CC(C(C)(C)C)C(O)C(C)C1CSCCC(=O)OCC(COC(=O)CCSCC1C(C)CC(C(C)(C)C)C(O)C1C)(COC(=O)CCSCC1C(C)CC(C(C)(C)C)C(O)C1C)COC(=O)CCSCC1C(C)CC(C(C)(C)C)C(O)C1C. The third-order valence-corrected chi connectivity index (χ3v) is 26.0. The third-order valence-electron chi connectivity index (χ3n) is 21.6. The van der Waals surface area contributed by atoms with Gasteiger partial charge in [0.25, 0.3) is 0 Å². The fourth-order valence-electron chi connectivity index (χ4n) is 15.1. The van der Waals surface area contributed by atoms with E-state index < -0.39 is 53.7 Å². The Morgan fingerprint density at radius 3 is 0.682 bits per heavy atom. The second-order valence-electron chi connectivity index (χ2n) is 32.2. The normalized spacial score (nSPS) is 34.9. The molecule has 4 saturated carbocycles. The van der Waals surface area contributed by atoms with Gasteiger partial charge in [-0.05, 0) is 165 Å². The van der Waals surface area contributed by atoms with Crippen LogP contribution in [0.2, 0.25) is 0 Å². The smallest absolute Gasteiger partial charge is 0.306 e. The summed E-state index contributed by atoms with van der Waals surface area (Å²) in [4.78, 5) is 55.0. The van der Waals surface area contributed by atoms with E-state index >= 15 is 0 Å². The summed E-state index contributed by atoms with van der Waals surface area (Å²) >= 11 is 6.71. The molecule has 0 radical (unpaired) electrons. The fraction of sp³-hybridized carbons (Fsp3) is 0.942. The summed E-state index contributed by atoms with van der Waals surface area (Å²) < 4.78 is 24.1. The highest BCUT2D eigenvalue weighted by Gasteiger charge is 2.48. The highest BCUT2D eigenvalue weighted by Crippen LogP contribution is 2.50. The minimum atomic E-state index is -1.41. The van der Waals surface area contributed by atoms with Crippen molar-refractivity contribution in [3.05, 3.63) is 0 Å². The van der Waals surface area contributed by atoms with Crippen LogP contribution in [-0.2, 0) is 38.1 Å². The highest BCUT2D eigenvalue weighted by atomic mass is 32.2. The topological polar surface area (TPSA) is 186 Å². The van der Waals surface area contributed by atoms with Crippen molar-refractivity contribution in [1.82, 2.24) is 0 Å². The van der Waals surface area contributed by atoms with Crippen LogP contribution < -0.4 is 0 Å². The summed E-state index contributed by atoms with van der Waals surface area (Å²) in [6, 6.07) is 0. The quantitative estimate of drug-likeness (QED) is 0.0329. The van der Waals surface area contributed by atoms with Gasteiger partial charge in [-0.15, -0.1) is 0 Å². The number of hydrogen-bond acceptors (Lipinski definition) is 16. The van der Waals surface area contributed by atoms with E-state index in [1.165, 1.54) is 0 Å². The summed E-state index contributed by atoms with van der Waals surface area (Å²) in [5, 5.41) is 45.4. The Labute approximate surface area is 534 Å². The summed E-state index contributed by atoms with van der Waals surface area (Å²) in [5.41, 5.74) is -1.39. The van der Waals surface area contributed by atoms with Gasteiger partial charge in [-0.2, -0.15) is 47.0 Å². The predicted molar refractivity (Wildman–Crippen MR) is 356 cm³/mol. The molecular formula is C69H124O12S4. The summed E-state index contributed by atoms with van der Waals surface area (Å²) in [7, 11) is 0. The average Bonchev–Trinajstić information content (AvgIpc) is 2.24. The lowest BCUT2D eigenvalue weighted by molar-refractivity contribution is -0.170. The Hall–Kier alpha value is -0.880. The van der Waals surface area contributed by atoms with Gasteiger partial charge in [0.2, 0.25) is 0 Å². The monoisotopic (exact) mass is 1270 g/mol. The molecule has 0 aliphatic heterocycles. The Kier molecular flexibility index (Phi) is 30.3. The van der Waals surface area contributed by atoms with Gasteiger partial charge in [-0.25, -0.2) is 0 Å². The molecule has 4 N–H and O–H groups in total. The van der Waals surface area contributed by atoms with Crippen LogP contribution in [-0.4, -0.2) is 141 Å². The van der Waals surface area contributed by atoms with Crippen molar-refractivity contribution in [2.45, 2.75) is 214 Å². The van der Waals surface area contributed by atoms with Gasteiger partial charge in [0.05, 0.1) is 50.1 Å². The van der Waals surface area contributed by atoms with Crippen LogP contribution in [0.1, 0.15) is 190 Å². The number of hydrogen-bond donors (Lipinski definition) is 4. The molecule has 85 heavy (non-hydrogen) atoms. The fourth-order valence-corrected chi connectivity index (χ4v) is 20.6. The van der Waals surface area contributed by atoms with Gasteiger partial charge in [0.15, 0.2) is 0 Å². The van der Waals surface area contributed by atoms with E-state index in [1.54, 1.807) is 47.0 Å². The number of esters is 4. The molecule has 0 aromatic heterocycles. The van der Waals surface area contributed by atoms with Crippen molar-refractivity contribution in [2.24, 2.45) is 122 Å². The zero-order valence-electron chi connectivity index (χ0n) is 56.9. The first-order chi connectivity index (χ1) is 39.3. The Balaban J connectivity index is 1.47. The standard InChI is InChI=1S/C69H124O12S4/c1-41-29-53(65(9,10)11)61(74)45(5)49(41)33-82-25-21-57(70)78-37-69(38-79-58(71)22-26-83-34-50-42(2)30-54(66(12,13)14)62(75)46(50)6,39-80-59(72)23-27-84-35-51-43(3)31-55(67(15,16)17)63(76)47(51)7)40-81-60(73)24-28-85-36-52-44(4)32-56(68(18,19)20)64(77)48(52)8/h41-56,61-64,74-77H,21-40H2,1-20H3. The Morgan fingerprint density at radius 2 is 0.518 bits per heavy atom. The van der Waals surface area contributed by atoms with Crippen LogP contribution in [0.5, 0.6) is 0 Å². The number of thioether (sulfide) groups is 4. The maximum atomic E-state index is 13.7. The van der Waals surface area contributed by atoms with Crippen LogP contribution in [0.3, 0.4) is 0 Å². The maximum Gasteiger partial charge on any atom is 0.306 e. The van der Waals surface area contributed by atoms with Gasteiger partial charge in [0.1, 0.15) is 31.8 Å². The predicted octanol–water partition coefficient (Wildman–Crippen LogP) is 13.9. The lowest BCUT2D eigenvalue weighted by Gasteiger charge is -2.47. The molecule has 0 aromatic rings. The molecule has 0 bridgehead atoms. The second kappa shape index (κ2) is 33.6. The first-order valence-electron chi connectivity index (χ1n) is 33.0. The van der Waals surface area contributed by atoms with Crippen molar-refractivity contribution in [3.63, 3.8) is 0 Å². The molecule has 4 rings (SSSR count). The highest BCUT2D eigenvalue weighted by molar-refractivity contribution is 7.99. The third kappa shape index (κ3) is 22.7. The molecule has 12 nitrogen and oxygen atoms in total. The minimum absolute atomic E-state index is 0.00396. The van der Waals surface area contributed by atoms with Crippen molar-refractivity contribution < 1.29 is 58.6 Å². The molecule has 0 saturated heterocycles. The second-order valence-corrected chi connectivity index (χ2v) is 36.8. The molecule has 0 heterocycles. The largest absolute Gasteiger partial charge is 0.465 e. The zero-order valence-corrected chi connectivity index (χ0v) is 60.1. The molecule has 20 atom stereocenters. The molecule has 0 spiro atoms.